The van der Waals surface area contributed by atoms with Crippen molar-refractivity contribution in [3.63, 3.8) is 0 Å². The third kappa shape index (κ3) is 3.67. The molecule has 0 spiro atoms. The lowest BCUT2D eigenvalue weighted by Crippen LogP contribution is -2.49. The largest absolute Gasteiger partial charge is 0.465 e. The van der Waals surface area contributed by atoms with E-state index in [4.69, 9.17) is 10.8 Å². The van der Waals surface area contributed by atoms with Crippen LogP contribution in [0.1, 0.15) is 46.5 Å². The van der Waals surface area contributed by atoms with Crippen molar-refractivity contribution in [2.75, 3.05) is 0 Å². The van der Waals surface area contributed by atoms with E-state index in [1.54, 1.807) is 0 Å². The second kappa shape index (κ2) is 5.04. The number of carbonyl (C=O) groups is 1. The van der Waals surface area contributed by atoms with E-state index in [1.165, 1.54) is 0 Å². The third-order valence-corrected chi connectivity index (χ3v) is 3.50. The summed E-state index contributed by atoms with van der Waals surface area (Å²) in [7, 11) is 0. The lowest BCUT2D eigenvalue weighted by Gasteiger charge is -2.39. The highest BCUT2D eigenvalue weighted by Gasteiger charge is 2.35. The van der Waals surface area contributed by atoms with E-state index >= 15 is 0 Å². The monoisotopic (exact) mass is 228 g/mol. The van der Waals surface area contributed by atoms with Crippen LogP contribution in [0.25, 0.3) is 0 Å². The third-order valence-electron chi connectivity index (χ3n) is 3.50. The molecular weight excluding hydrogens is 204 g/mol. The van der Waals surface area contributed by atoms with Crippen molar-refractivity contribution in [1.82, 2.24) is 5.32 Å². The predicted molar refractivity (Wildman–Crippen MR) is 64.3 cm³/mol. The molecule has 1 aliphatic rings. The second-order valence-corrected chi connectivity index (χ2v) is 5.97. The second-order valence-electron chi connectivity index (χ2n) is 5.97. The summed E-state index contributed by atoms with van der Waals surface area (Å²) in [6.45, 7) is 6.26. The van der Waals surface area contributed by atoms with E-state index in [2.05, 4.69) is 26.1 Å². The summed E-state index contributed by atoms with van der Waals surface area (Å²) in [4.78, 5) is 10.8. The zero-order valence-corrected chi connectivity index (χ0v) is 10.5. The molecule has 0 radical (unpaired) electrons. The van der Waals surface area contributed by atoms with Gasteiger partial charge in [0.05, 0.1) is 0 Å². The molecule has 1 amide bonds. The van der Waals surface area contributed by atoms with Gasteiger partial charge in [0.25, 0.3) is 0 Å². The maximum atomic E-state index is 10.8. The molecule has 1 atom stereocenters. The zero-order valence-electron chi connectivity index (χ0n) is 10.5. The normalized spacial score (nSPS) is 28.5. The van der Waals surface area contributed by atoms with Crippen LogP contribution in [-0.2, 0) is 0 Å². The van der Waals surface area contributed by atoms with Crippen LogP contribution in [0.3, 0.4) is 0 Å². The number of nitrogens with two attached hydrogens (primary N) is 1. The molecule has 16 heavy (non-hydrogen) atoms. The molecule has 0 heterocycles. The summed E-state index contributed by atoms with van der Waals surface area (Å²) >= 11 is 0. The highest BCUT2D eigenvalue weighted by atomic mass is 16.4. The summed E-state index contributed by atoms with van der Waals surface area (Å²) in [6.07, 6.45) is 3.17. The quantitative estimate of drug-likeness (QED) is 0.678. The fourth-order valence-electron chi connectivity index (χ4n) is 2.65. The molecule has 1 fully saturated rings. The molecule has 0 aliphatic heterocycles. The van der Waals surface area contributed by atoms with E-state index in [9.17, 15) is 4.79 Å². The SMILES string of the molecule is CC(C)(C)C(NC(=O)O)C1CCC(N)CC1. The molecule has 4 N–H and O–H groups in total. The Morgan fingerprint density at radius 3 is 2.19 bits per heavy atom. The number of rotatable bonds is 2. The van der Waals surface area contributed by atoms with Gasteiger partial charge >= 0.3 is 6.09 Å². The topological polar surface area (TPSA) is 75.3 Å². The van der Waals surface area contributed by atoms with Crippen molar-refractivity contribution in [2.45, 2.75) is 58.5 Å². The first kappa shape index (κ1) is 13.3. The Labute approximate surface area is 97.6 Å². The van der Waals surface area contributed by atoms with Crippen LogP contribution in [0.5, 0.6) is 0 Å². The molecule has 0 saturated heterocycles. The fraction of sp³-hybridized carbons (Fsp3) is 0.917. The molecule has 4 heteroatoms. The minimum Gasteiger partial charge on any atom is -0.465 e. The Kier molecular flexibility index (Phi) is 4.19. The van der Waals surface area contributed by atoms with E-state index in [-0.39, 0.29) is 11.5 Å². The molecule has 1 aliphatic carbocycles. The van der Waals surface area contributed by atoms with Crippen LogP contribution in [0.2, 0.25) is 0 Å². The van der Waals surface area contributed by atoms with Gasteiger partial charge in [0.15, 0.2) is 0 Å². The van der Waals surface area contributed by atoms with Crippen molar-refractivity contribution in [3.8, 4) is 0 Å². The average Bonchev–Trinajstić information content (AvgIpc) is 2.14. The molecule has 94 valence electrons. The van der Waals surface area contributed by atoms with E-state index < -0.39 is 6.09 Å². The fourth-order valence-corrected chi connectivity index (χ4v) is 2.65. The smallest absolute Gasteiger partial charge is 0.404 e. The number of nitrogens with one attached hydrogen (secondary N) is 1. The standard InChI is InChI=1S/C12H24N2O2/c1-12(2,3)10(14-11(15)16)8-4-6-9(13)7-5-8/h8-10,14H,4-7,13H2,1-3H3,(H,15,16). The van der Waals surface area contributed by atoms with Crippen LogP contribution < -0.4 is 11.1 Å². The summed E-state index contributed by atoms with van der Waals surface area (Å²) in [5.74, 6) is 0.427. The Bertz CT molecular complexity index is 240. The van der Waals surface area contributed by atoms with Gasteiger partial charge in [-0.15, -0.1) is 0 Å². The van der Waals surface area contributed by atoms with Crippen molar-refractivity contribution < 1.29 is 9.90 Å². The molecule has 1 unspecified atom stereocenters. The van der Waals surface area contributed by atoms with Crippen molar-refractivity contribution >= 4 is 6.09 Å². The average molecular weight is 228 g/mol. The van der Waals surface area contributed by atoms with Gasteiger partial charge in [-0.1, -0.05) is 20.8 Å². The number of hydrogen-bond acceptors (Lipinski definition) is 2. The summed E-state index contributed by atoms with van der Waals surface area (Å²) in [5.41, 5.74) is 5.83. The van der Waals surface area contributed by atoms with E-state index in [1.807, 2.05) is 0 Å². The Hall–Kier alpha value is -0.770. The maximum Gasteiger partial charge on any atom is 0.404 e. The molecule has 4 nitrogen and oxygen atoms in total. The van der Waals surface area contributed by atoms with Crippen molar-refractivity contribution in [3.05, 3.63) is 0 Å². The van der Waals surface area contributed by atoms with Crippen LogP contribution in [-0.4, -0.2) is 23.3 Å². The lowest BCUT2D eigenvalue weighted by atomic mass is 9.72. The van der Waals surface area contributed by atoms with Crippen molar-refractivity contribution in [2.24, 2.45) is 17.1 Å². The van der Waals surface area contributed by atoms with Gasteiger partial charge in [-0.2, -0.15) is 0 Å². The van der Waals surface area contributed by atoms with Gasteiger partial charge in [-0.05, 0) is 37.0 Å². The van der Waals surface area contributed by atoms with Gasteiger partial charge in [0.1, 0.15) is 0 Å². The van der Waals surface area contributed by atoms with Crippen LogP contribution in [0.15, 0.2) is 0 Å². The molecule has 0 aromatic carbocycles. The van der Waals surface area contributed by atoms with Crippen molar-refractivity contribution in [1.29, 1.82) is 0 Å². The highest BCUT2D eigenvalue weighted by molar-refractivity contribution is 5.65. The van der Waals surface area contributed by atoms with Gasteiger partial charge in [-0.25, -0.2) is 4.79 Å². The number of hydrogen-bond donors (Lipinski definition) is 3. The summed E-state index contributed by atoms with van der Waals surface area (Å²) in [5, 5.41) is 11.6. The molecule has 1 rings (SSSR count). The summed E-state index contributed by atoms with van der Waals surface area (Å²) in [6, 6.07) is 0.333. The molecule has 0 bridgehead atoms. The Balaban J connectivity index is 2.65. The minimum absolute atomic E-state index is 0.0255. The van der Waals surface area contributed by atoms with E-state index in [0.717, 1.165) is 25.7 Å². The van der Waals surface area contributed by atoms with Gasteiger partial charge < -0.3 is 16.2 Å². The molecule has 0 aromatic rings. The highest BCUT2D eigenvalue weighted by Crippen LogP contribution is 2.34. The lowest BCUT2D eigenvalue weighted by molar-refractivity contribution is 0.133. The first-order chi connectivity index (χ1) is 7.30. The van der Waals surface area contributed by atoms with Crippen LogP contribution >= 0.6 is 0 Å². The van der Waals surface area contributed by atoms with Gasteiger partial charge in [0, 0.05) is 12.1 Å². The Morgan fingerprint density at radius 1 is 1.31 bits per heavy atom. The molecule has 0 aromatic heterocycles. The number of carboxylic acid groups (broad SMARTS) is 1. The first-order valence-electron chi connectivity index (χ1n) is 6.05. The summed E-state index contributed by atoms with van der Waals surface area (Å²) < 4.78 is 0. The molecule has 1 saturated carbocycles. The maximum absolute atomic E-state index is 10.8. The van der Waals surface area contributed by atoms with E-state index in [0.29, 0.717) is 12.0 Å². The molecular formula is C12H24N2O2. The van der Waals surface area contributed by atoms with Gasteiger partial charge in [-0.3, -0.25) is 0 Å². The van der Waals surface area contributed by atoms with Crippen LogP contribution in [0, 0.1) is 11.3 Å². The predicted octanol–water partition coefficient (Wildman–Crippen LogP) is 2.19. The first-order valence-corrected chi connectivity index (χ1v) is 6.05. The zero-order chi connectivity index (χ0) is 12.3. The Morgan fingerprint density at radius 2 is 1.81 bits per heavy atom. The van der Waals surface area contributed by atoms with Crippen LogP contribution in [0.4, 0.5) is 4.79 Å². The van der Waals surface area contributed by atoms with Gasteiger partial charge in [0.2, 0.25) is 0 Å². The minimum atomic E-state index is -0.921. The number of amides is 1.